The lowest BCUT2D eigenvalue weighted by Crippen LogP contribution is -2.15. The second-order valence-electron chi connectivity index (χ2n) is 6.21. The van der Waals surface area contributed by atoms with Crippen LogP contribution in [0, 0.1) is 12.7 Å². The molecule has 0 aliphatic carbocycles. The van der Waals surface area contributed by atoms with Gasteiger partial charge in [-0.3, -0.25) is 14.8 Å². The van der Waals surface area contributed by atoms with Gasteiger partial charge in [-0.15, -0.1) is 0 Å². The summed E-state index contributed by atoms with van der Waals surface area (Å²) in [6, 6.07) is 16.1. The fraction of sp³-hybridized carbons (Fsp3) is 0.0952. The van der Waals surface area contributed by atoms with E-state index >= 15 is 0 Å². The predicted molar refractivity (Wildman–Crippen MR) is 100 cm³/mol. The van der Waals surface area contributed by atoms with Crippen LogP contribution in [-0.4, -0.2) is 16.6 Å². The number of hydrogen-bond acceptors (Lipinski definition) is 3. The summed E-state index contributed by atoms with van der Waals surface area (Å²) >= 11 is 0. The number of nitrogens with one attached hydrogen (secondary N) is 1. The molecule has 5 heteroatoms. The first kappa shape index (κ1) is 16.1. The number of nitrogens with zero attached hydrogens (tertiary/aromatic N) is 2. The maximum Gasteiger partial charge on any atom is 0.230 e. The topological polar surface area (TPSA) is 54.4 Å². The molecule has 0 saturated carbocycles. The van der Waals surface area contributed by atoms with E-state index < -0.39 is 5.82 Å². The lowest BCUT2D eigenvalue weighted by atomic mass is 10.00. The number of benzene rings is 2. The van der Waals surface area contributed by atoms with Gasteiger partial charge in [0, 0.05) is 11.9 Å². The molecule has 2 heterocycles. The molecule has 0 unspecified atom stereocenters. The van der Waals surface area contributed by atoms with Crippen molar-refractivity contribution in [2.24, 2.45) is 4.99 Å². The number of amides is 1. The standard InChI is InChI=1S/C21H16FN3O/c1-13-9-15(7-8-23-13)14-3-2-4-16(10-14)19-12-21(26)25-20-11-17(22)5-6-18(20)24-19/h2-11H,12H2,1H3,(H,25,26). The van der Waals surface area contributed by atoms with E-state index in [1.807, 2.05) is 43.3 Å². The molecule has 0 fully saturated rings. The van der Waals surface area contributed by atoms with Crippen LogP contribution in [0.3, 0.4) is 0 Å². The van der Waals surface area contributed by atoms with E-state index in [4.69, 9.17) is 0 Å². The quantitative estimate of drug-likeness (QED) is 0.734. The van der Waals surface area contributed by atoms with Crippen molar-refractivity contribution >= 4 is 23.0 Å². The summed E-state index contributed by atoms with van der Waals surface area (Å²) in [7, 11) is 0. The van der Waals surface area contributed by atoms with Gasteiger partial charge in [-0.25, -0.2) is 4.39 Å². The van der Waals surface area contributed by atoms with Crippen LogP contribution in [0.5, 0.6) is 0 Å². The second-order valence-corrected chi connectivity index (χ2v) is 6.21. The van der Waals surface area contributed by atoms with E-state index in [1.165, 1.54) is 12.1 Å². The molecule has 0 spiro atoms. The average Bonchev–Trinajstić information content (AvgIpc) is 2.79. The van der Waals surface area contributed by atoms with Gasteiger partial charge in [-0.2, -0.15) is 0 Å². The van der Waals surface area contributed by atoms with Gasteiger partial charge >= 0.3 is 0 Å². The summed E-state index contributed by atoms with van der Waals surface area (Å²) < 4.78 is 13.4. The summed E-state index contributed by atoms with van der Waals surface area (Å²) in [5.41, 5.74) is 5.49. The van der Waals surface area contributed by atoms with Crippen LogP contribution in [0.25, 0.3) is 11.1 Å². The van der Waals surface area contributed by atoms with E-state index in [2.05, 4.69) is 15.3 Å². The van der Waals surface area contributed by atoms with Gasteiger partial charge in [-0.1, -0.05) is 18.2 Å². The highest BCUT2D eigenvalue weighted by atomic mass is 19.1. The number of aliphatic imine (C=N–C) groups is 1. The molecule has 4 nitrogen and oxygen atoms in total. The number of anilines is 1. The Labute approximate surface area is 150 Å². The van der Waals surface area contributed by atoms with E-state index in [9.17, 15) is 9.18 Å². The minimum absolute atomic E-state index is 0.134. The number of aromatic nitrogens is 1. The fourth-order valence-corrected chi connectivity index (χ4v) is 3.01. The van der Waals surface area contributed by atoms with Gasteiger partial charge in [0.15, 0.2) is 0 Å². The molecule has 1 aliphatic heterocycles. The normalized spacial score (nSPS) is 13.5. The van der Waals surface area contributed by atoms with Crippen LogP contribution in [0.15, 0.2) is 65.8 Å². The number of aryl methyl sites for hydroxylation is 1. The Balaban J connectivity index is 1.78. The maximum atomic E-state index is 13.4. The zero-order chi connectivity index (χ0) is 18.1. The molecule has 2 aromatic carbocycles. The predicted octanol–water partition coefficient (Wildman–Crippen LogP) is 4.66. The molecule has 26 heavy (non-hydrogen) atoms. The minimum atomic E-state index is -0.405. The number of carbonyl (C=O) groups is 1. The molecule has 0 bridgehead atoms. The molecular formula is C21H16FN3O. The van der Waals surface area contributed by atoms with Crippen molar-refractivity contribution in [1.82, 2.24) is 4.98 Å². The number of pyridine rings is 1. The minimum Gasteiger partial charge on any atom is -0.324 e. The average molecular weight is 345 g/mol. The maximum absolute atomic E-state index is 13.4. The first-order chi connectivity index (χ1) is 12.6. The van der Waals surface area contributed by atoms with Gasteiger partial charge in [-0.05, 0) is 60.0 Å². The van der Waals surface area contributed by atoms with Gasteiger partial charge in [0.1, 0.15) is 5.82 Å². The lowest BCUT2D eigenvalue weighted by molar-refractivity contribution is -0.115. The third-order valence-electron chi connectivity index (χ3n) is 4.24. The molecule has 128 valence electrons. The SMILES string of the molecule is Cc1cc(-c2cccc(C3=Nc4ccc(F)cc4NC(=O)C3)c2)ccn1. The third-order valence-corrected chi connectivity index (χ3v) is 4.24. The summed E-state index contributed by atoms with van der Waals surface area (Å²) in [5.74, 6) is -0.615. The summed E-state index contributed by atoms with van der Waals surface area (Å²) in [5, 5.41) is 2.71. The molecule has 1 amide bonds. The van der Waals surface area contributed by atoms with E-state index in [-0.39, 0.29) is 12.3 Å². The summed E-state index contributed by atoms with van der Waals surface area (Å²) in [6.45, 7) is 1.95. The lowest BCUT2D eigenvalue weighted by Gasteiger charge is -2.07. The molecule has 4 rings (SSSR count). The van der Waals surface area contributed by atoms with Crippen molar-refractivity contribution < 1.29 is 9.18 Å². The fourth-order valence-electron chi connectivity index (χ4n) is 3.01. The van der Waals surface area contributed by atoms with Crippen LogP contribution in [0.2, 0.25) is 0 Å². The van der Waals surface area contributed by atoms with Crippen LogP contribution >= 0.6 is 0 Å². The van der Waals surface area contributed by atoms with Crippen molar-refractivity contribution in [2.75, 3.05) is 5.32 Å². The Morgan fingerprint density at radius 1 is 1.00 bits per heavy atom. The molecule has 3 aromatic rings. The highest BCUT2D eigenvalue weighted by molar-refractivity contribution is 6.17. The van der Waals surface area contributed by atoms with E-state index in [0.29, 0.717) is 17.1 Å². The Bertz CT molecular complexity index is 1040. The molecular weight excluding hydrogens is 329 g/mol. The van der Waals surface area contributed by atoms with Gasteiger partial charge in [0.05, 0.1) is 23.5 Å². The molecule has 0 saturated heterocycles. The van der Waals surface area contributed by atoms with Crippen LogP contribution < -0.4 is 5.32 Å². The third kappa shape index (κ3) is 3.24. The summed E-state index contributed by atoms with van der Waals surface area (Å²) in [6.07, 6.45) is 1.91. The number of rotatable bonds is 2. The largest absolute Gasteiger partial charge is 0.324 e. The van der Waals surface area contributed by atoms with Crippen LogP contribution in [-0.2, 0) is 4.79 Å². The summed E-state index contributed by atoms with van der Waals surface area (Å²) in [4.78, 5) is 21.1. The first-order valence-corrected chi connectivity index (χ1v) is 8.29. The van der Waals surface area contributed by atoms with Crippen LogP contribution in [0.4, 0.5) is 15.8 Å². The van der Waals surface area contributed by atoms with Gasteiger partial charge in [0.2, 0.25) is 5.91 Å². The first-order valence-electron chi connectivity index (χ1n) is 8.29. The van der Waals surface area contributed by atoms with Crippen molar-refractivity contribution in [3.05, 3.63) is 77.9 Å². The Morgan fingerprint density at radius 2 is 1.81 bits per heavy atom. The van der Waals surface area contributed by atoms with Crippen molar-refractivity contribution in [2.45, 2.75) is 13.3 Å². The van der Waals surface area contributed by atoms with Crippen molar-refractivity contribution in [1.29, 1.82) is 0 Å². The van der Waals surface area contributed by atoms with Gasteiger partial charge < -0.3 is 5.32 Å². The number of fused-ring (bicyclic) bond motifs is 1. The Kier molecular flexibility index (Phi) is 4.05. The molecule has 1 N–H and O–H groups in total. The Hall–Kier alpha value is -3.34. The number of halogens is 1. The highest BCUT2D eigenvalue weighted by Gasteiger charge is 2.18. The smallest absolute Gasteiger partial charge is 0.230 e. The van der Waals surface area contributed by atoms with E-state index in [1.54, 1.807) is 12.3 Å². The second kappa shape index (κ2) is 6.52. The molecule has 0 radical (unpaired) electrons. The highest BCUT2D eigenvalue weighted by Crippen LogP contribution is 2.30. The Morgan fingerprint density at radius 3 is 2.65 bits per heavy atom. The molecule has 1 aromatic heterocycles. The van der Waals surface area contributed by atoms with Crippen molar-refractivity contribution in [3.8, 4) is 11.1 Å². The van der Waals surface area contributed by atoms with E-state index in [0.717, 1.165) is 22.4 Å². The van der Waals surface area contributed by atoms with Crippen LogP contribution in [0.1, 0.15) is 17.7 Å². The molecule has 1 aliphatic rings. The molecule has 0 atom stereocenters. The zero-order valence-electron chi connectivity index (χ0n) is 14.2. The zero-order valence-corrected chi connectivity index (χ0v) is 14.2. The van der Waals surface area contributed by atoms with Gasteiger partial charge in [0.25, 0.3) is 0 Å². The van der Waals surface area contributed by atoms with Crippen molar-refractivity contribution in [3.63, 3.8) is 0 Å². The monoisotopic (exact) mass is 345 g/mol. The number of hydrogen-bond donors (Lipinski definition) is 1. The number of carbonyl (C=O) groups excluding carboxylic acids is 1.